The summed E-state index contributed by atoms with van der Waals surface area (Å²) in [7, 11) is 0. The van der Waals surface area contributed by atoms with E-state index >= 15 is 0 Å². The number of hydrogen-bond donors (Lipinski definition) is 1. The molecule has 0 radical (unpaired) electrons. The zero-order valence-corrected chi connectivity index (χ0v) is 28.9. The average Bonchev–Trinajstić information content (AvgIpc) is 3.28. The Morgan fingerprint density at radius 1 is 1.12 bits per heavy atom. The van der Waals surface area contributed by atoms with Crippen LogP contribution in [0.2, 0.25) is 5.15 Å². The number of carbonyl (C=O) groups is 2. The Morgan fingerprint density at radius 2 is 1.88 bits per heavy atom. The number of likely N-dealkylation sites (tertiary alicyclic amines) is 1. The van der Waals surface area contributed by atoms with Crippen LogP contribution in [0.1, 0.15) is 70.7 Å². The summed E-state index contributed by atoms with van der Waals surface area (Å²) in [4.78, 5) is 31.6. The fourth-order valence-corrected chi connectivity index (χ4v) is 6.29. The molecule has 48 heavy (non-hydrogen) atoms. The van der Waals surface area contributed by atoms with Gasteiger partial charge in [-0.3, -0.25) is 14.2 Å². The van der Waals surface area contributed by atoms with E-state index in [4.69, 9.17) is 25.8 Å². The fourth-order valence-electron chi connectivity index (χ4n) is 5.38. The SMILES string of the molecule is CC(C)(C)OC(=O)N1CC(OCCn2nccc2SNC(=O)c2ccc(-n3ccc(OCCC4(C(F)(F)F)CC4)n3)nc2Cl)CC1(C)C. The van der Waals surface area contributed by atoms with E-state index in [-0.39, 0.29) is 54.7 Å². The number of aromatic nitrogens is 5. The summed E-state index contributed by atoms with van der Waals surface area (Å²) >= 11 is 7.40. The van der Waals surface area contributed by atoms with E-state index in [9.17, 15) is 22.8 Å². The smallest absolute Gasteiger partial charge is 0.410 e. The number of hydrogen-bond acceptors (Lipinski definition) is 9. The zero-order chi connectivity index (χ0) is 34.9. The van der Waals surface area contributed by atoms with E-state index in [0.717, 1.165) is 11.9 Å². The predicted octanol–water partition coefficient (Wildman–Crippen LogP) is 6.47. The van der Waals surface area contributed by atoms with Crippen molar-refractivity contribution in [3.8, 4) is 11.7 Å². The molecule has 1 saturated heterocycles. The topological polar surface area (TPSA) is 126 Å². The molecule has 2 fully saturated rings. The number of alkyl halides is 3. The molecule has 1 saturated carbocycles. The van der Waals surface area contributed by atoms with Gasteiger partial charge < -0.3 is 19.1 Å². The van der Waals surface area contributed by atoms with E-state index in [1.807, 2.05) is 34.6 Å². The fraction of sp³-hybridized carbons (Fsp3) is 0.581. The first-order valence-electron chi connectivity index (χ1n) is 15.5. The molecule has 3 aromatic rings. The summed E-state index contributed by atoms with van der Waals surface area (Å²) in [6.45, 7) is 10.6. The summed E-state index contributed by atoms with van der Waals surface area (Å²) in [6.07, 6.45) is -0.831. The second kappa shape index (κ2) is 13.8. The molecular weight excluding hydrogens is 675 g/mol. The summed E-state index contributed by atoms with van der Waals surface area (Å²) < 4.78 is 62.3. The van der Waals surface area contributed by atoms with Gasteiger partial charge in [-0.1, -0.05) is 11.6 Å². The Hall–Kier alpha value is -3.50. The van der Waals surface area contributed by atoms with Crippen molar-refractivity contribution in [2.24, 2.45) is 5.41 Å². The molecule has 262 valence electrons. The lowest BCUT2D eigenvalue weighted by atomic mass is 10.0. The quantitative estimate of drug-likeness (QED) is 0.166. The van der Waals surface area contributed by atoms with Crippen molar-refractivity contribution in [2.75, 3.05) is 19.8 Å². The van der Waals surface area contributed by atoms with Crippen LogP contribution < -0.4 is 9.46 Å². The van der Waals surface area contributed by atoms with Crippen LogP contribution in [-0.2, 0) is 16.0 Å². The van der Waals surface area contributed by atoms with Crippen LogP contribution in [0.25, 0.3) is 5.82 Å². The number of pyridine rings is 1. The molecule has 0 spiro atoms. The average molecular weight is 714 g/mol. The standard InChI is InChI=1S/C31H39ClF3N7O5S/c1-28(2,3)47-27(44)40-19-20(18-29(40,4)5)45-17-15-42-24(8-13-36-42)48-39-26(43)21-6-7-22(37-25(21)32)41-14-9-23(38-41)46-16-12-30(10-11-30)31(33,34)35/h6-9,13-14,20H,10-12,15-19H2,1-5H3,(H,39,43). The Morgan fingerprint density at radius 3 is 2.54 bits per heavy atom. The first-order chi connectivity index (χ1) is 22.5. The Balaban J connectivity index is 1.08. The minimum Gasteiger partial charge on any atom is -0.477 e. The van der Waals surface area contributed by atoms with Gasteiger partial charge in [0.15, 0.2) is 5.82 Å². The van der Waals surface area contributed by atoms with Gasteiger partial charge in [-0.05, 0) is 78.5 Å². The molecule has 1 N–H and O–H groups in total. The van der Waals surface area contributed by atoms with Crippen LogP contribution in [0.3, 0.4) is 0 Å². The molecule has 1 unspecified atom stereocenters. The molecular formula is C31H39ClF3N7O5S. The molecule has 1 atom stereocenters. The Bertz CT molecular complexity index is 1620. The number of nitrogens with zero attached hydrogens (tertiary/aromatic N) is 6. The number of ether oxygens (including phenoxy) is 3. The highest BCUT2D eigenvalue weighted by Crippen LogP contribution is 2.59. The van der Waals surface area contributed by atoms with Gasteiger partial charge in [0.1, 0.15) is 15.8 Å². The highest BCUT2D eigenvalue weighted by molar-refractivity contribution is 7.97. The van der Waals surface area contributed by atoms with Crippen LogP contribution in [0, 0.1) is 5.41 Å². The minimum absolute atomic E-state index is 0.0637. The molecule has 2 amide bonds. The second-order valence-corrected chi connectivity index (χ2v) is 14.7. The van der Waals surface area contributed by atoms with Crippen molar-refractivity contribution in [3.05, 3.63) is 47.4 Å². The van der Waals surface area contributed by atoms with Crippen molar-refractivity contribution in [1.29, 1.82) is 0 Å². The Kier molecular flexibility index (Phi) is 10.3. The van der Waals surface area contributed by atoms with Gasteiger partial charge in [0.25, 0.3) is 5.91 Å². The van der Waals surface area contributed by atoms with Gasteiger partial charge >= 0.3 is 12.3 Å². The molecule has 17 heteroatoms. The number of halogens is 4. The summed E-state index contributed by atoms with van der Waals surface area (Å²) in [5, 5.41) is 9.13. The highest BCUT2D eigenvalue weighted by atomic mass is 35.5. The van der Waals surface area contributed by atoms with Gasteiger partial charge in [-0.25, -0.2) is 14.5 Å². The lowest BCUT2D eigenvalue weighted by Gasteiger charge is -2.33. The molecule has 1 aliphatic heterocycles. The molecule has 4 heterocycles. The summed E-state index contributed by atoms with van der Waals surface area (Å²) in [6, 6.07) is 6.31. The molecule has 1 aliphatic carbocycles. The van der Waals surface area contributed by atoms with Crippen molar-refractivity contribution in [2.45, 2.75) is 95.3 Å². The third kappa shape index (κ3) is 8.55. The third-order valence-electron chi connectivity index (χ3n) is 8.20. The Labute approximate surface area is 285 Å². The highest BCUT2D eigenvalue weighted by Gasteiger charge is 2.62. The predicted molar refractivity (Wildman–Crippen MR) is 171 cm³/mol. The molecule has 0 bridgehead atoms. The maximum Gasteiger partial charge on any atom is 0.410 e. The second-order valence-electron chi connectivity index (χ2n) is 13.5. The van der Waals surface area contributed by atoms with Gasteiger partial charge in [-0.2, -0.15) is 18.3 Å². The van der Waals surface area contributed by atoms with Crippen LogP contribution in [0.5, 0.6) is 5.88 Å². The number of amides is 2. The van der Waals surface area contributed by atoms with E-state index in [0.29, 0.717) is 37.0 Å². The van der Waals surface area contributed by atoms with Crippen molar-refractivity contribution < 1.29 is 37.0 Å². The summed E-state index contributed by atoms with van der Waals surface area (Å²) in [5.41, 5.74) is -2.51. The van der Waals surface area contributed by atoms with E-state index < -0.39 is 28.6 Å². The van der Waals surface area contributed by atoms with E-state index in [1.54, 1.807) is 27.9 Å². The van der Waals surface area contributed by atoms with Crippen molar-refractivity contribution in [1.82, 2.24) is 34.2 Å². The first kappa shape index (κ1) is 35.8. The maximum atomic E-state index is 13.1. The lowest BCUT2D eigenvalue weighted by Crippen LogP contribution is -2.45. The van der Waals surface area contributed by atoms with Gasteiger partial charge in [0, 0.05) is 29.8 Å². The molecule has 3 aromatic heterocycles. The maximum absolute atomic E-state index is 13.1. The van der Waals surface area contributed by atoms with Crippen molar-refractivity contribution in [3.63, 3.8) is 0 Å². The number of rotatable bonds is 12. The molecule has 5 rings (SSSR count). The molecule has 12 nitrogen and oxygen atoms in total. The minimum atomic E-state index is -4.23. The monoisotopic (exact) mass is 713 g/mol. The van der Waals surface area contributed by atoms with Gasteiger partial charge in [0.2, 0.25) is 5.88 Å². The zero-order valence-electron chi connectivity index (χ0n) is 27.3. The van der Waals surface area contributed by atoms with Crippen LogP contribution in [0.15, 0.2) is 41.7 Å². The first-order valence-corrected chi connectivity index (χ1v) is 16.7. The van der Waals surface area contributed by atoms with Crippen LogP contribution in [-0.4, -0.2) is 84.6 Å². The van der Waals surface area contributed by atoms with Crippen LogP contribution >= 0.6 is 23.5 Å². The van der Waals surface area contributed by atoms with Crippen LogP contribution in [0.4, 0.5) is 18.0 Å². The normalized spacial score (nSPS) is 18.5. The van der Waals surface area contributed by atoms with Gasteiger partial charge in [0.05, 0.1) is 49.6 Å². The summed E-state index contributed by atoms with van der Waals surface area (Å²) in [5.74, 6) is -0.0291. The lowest BCUT2D eigenvalue weighted by molar-refractivity contribution is -0.190. The molecule has 2 aliphatic rings. The third-order valence-corrected chi connectivity index (χ3v) is 9.34. The van der Waals surface area contributed by atoms with E-state index in [1.165, 1.54) is 23.0 Å². The van der Waals surface area contributed by atoms with Gasteiger partial charge in [-0.15, -0.1) is 5.10 Å². The number of carbonyl (C=O) groups excluding carboxylic acids is 2. The number of nitrogens with one attached hydrogen (secondary N) is 1. The molecule has 0 aromatic carbocycles. The van der Waals surface area contributed by atoms with E-state index in [2.05, 4.69) is 19.9 Å². The largest absolute Gasteiger partial charge is 0.477 e. The van der Waals surface area contributed by atoms with Crippen molar-refractivity contribution >= 4 is 35.5 Å².